The van der Waals surface area contributed by atoms with Gasteiger partial charge in [-0.25, -0.2) is 0 Å². The van der Waals surface area contributed by atoms with Crippen molar-refractivity contribution < 1.29 is 4.74 Å². The number of methoxy groups -OCH3 is 1. The Morgan fingerprint density at radius 3 is 2.88 bits per heavy atom. The Bertz CT molecular complexity index is 265. The van der Waals surface area contributed by atoms with Gasteiger partial charge in [0, 0.05) is 31.7 Å². The van der Waals surface area contributed by atoms with Gasteiger partial charge < -0.3 is 10.1 Å². The lowest BCUT2D eigenvalue weighted by Gasteiger charge is -2.33. The predicted molar refractivity (Wildman–Crippen MR) is 69.1 cm³/mol. The molecule has 98 valence electrons. The predicted octanol–water partition coefficient (Wildman–Crippen LogP) is 1.49. The van der Waals surface area contributed by atoms with E-state index in [1.807, 2.05) is 7.11 Å². The molecule has 2 aliphatic heterocycles. The van der Waals surface area contributed by atoms with Gasteiger partial charge in [0.2, 0.25) is 0 Å². The van der Waals surface area contributed by atoms with Crippen molar-refractivity contribution in [1.82, 2.24) is 10.2 Å². The van der Waals surface area contributed by atoms with E-state index in [9.17, 15) is 0 Å². The summed E-state index contributed by atoms with van der Waals surface area (Å²) in [4.78, 5) is 2.78. The van der Waals surface area contributed by atoms with Gasteiger partial charge in [-0.15, -0.1) is 0 Å². The molecule has 1 aliphatic carbocycles. The molecule has 2 saturated heterocycles. The molecule has 3 fully saturated rings. The molecule has 0 aromatic heterocycles. The van der Waals surface area contributed by atoms with Crippen LogP contribution in [0, 0.1) is 11.3 Å². The van der Waals surface area contributed by atoms with Crippen molar-refractivity contribution in [3.8, 4) is 0 Å². The SMILES string of the molecule is COC[C@]12CCC[C@@H]1CN(C1CCNCC1)C2. The average molecular weight is 238 g/mol. The number of likely N-dealkylation sites (tertiary alicyclic amines) is 1. The largest absolute Gasteiger partial charge is 0.384 e. The molecule has 3 aliphatic rings. The summed E-state index contributed by atoms with van der Waals surface area (Å²) in [6.45, 7) is 6.05. The summed E-state index contributed by atoms with van der Waals surface area (Å²) in [6.07, 6.45) is 6.94. The number of rotatable bonds is 3. The van der Waals surface area contributed by atoms with Crippen LogP contribution >= 0.6 is 0 Å². The van der Waals surface area contributed by atoms with Crippen LogP contribution in [0.1, 0.15) is 32.1 Å². The van der Waals surface area contributed by atoms with E-state index < -0.39 is 0 Å². The fourth-order valence-corrected chi connectivity index (χ4v) is 4.43. The third-order valence-electron chi connectivity index (χ3n) is 5.32. The zero-order valence-corrected chi connectivity index (χ0v) is 11.1. The first-order valence-corrected chi connectivity index (χ1v) is 7.28. The minimum atomic E-state index is 0.514. The Balaban J connectivity index is 1.66. The monoisotopic (exact) mass is 238 g/mol. The van der Waals surface area contributed by atoms with Crippen LogP contribution in [0.25, 0.3) is 0 Å². The smallest absolute Gasteiger partial charge is 0.0534 e. The van der Waals surface area contributed by atoms with Crippen LogP contribution in [0.2, 0.25) is 0 Å². The first kappa shape index (κ1) is 11.9. The first-order valence-electron chi connectivity index (χ1n) is 7.28. The van der Waals surface area contributed by atoms with E-state index in [2.05, 4.69) is 10.2 Å². The van der Waals surface area contributed by atoms with Gasteiger partial charge in [0.15, 0.2) is 0 Å². The molecule has 0 aromatic carbocycles. The van der Waals surface area contributed by atoms with Crippen molar-refractivity contribution in [1.29, 1.82) is 0 Å². The average Bonchev–Trinajstić information content (AvgIpc) is 2.87. The van der Waals surface area contributed by atoms with Crippen LogP contribution in [-0.2, 0) is 4.74 Å². The summed E-state index contributed by atoms with van der Waals surface area (Å²) in [5, 5.41) is 3.47. The minimum absolute atomic E-state index is 0.514. The molecule has 0 aromatic rings. The second kappa shape index (κ2) is 4.87. The van der Waals surface area contributed by atoms with E-state index in [0.717, 1.165) is 18.6 Å². The van der Waals surface area contributed by atoms with Crippen molar-refractivity contribution in [2.75, 3.05) is 39.9 Å². The summed E-state index contributed by atoms with van der Waals surface area (Å²) in [5.74, 6) is 0.914. The van der Waals surface area contributed by atoms with Gasteiger partial charge in [-0.2, -0.15) is 0 Å². The molecule has 3 nitrogen and oxygen atoms in total. The zero-order valence-electron chi connectivity index (χ0n) is 11.1. The van der Waals surface area contributed by atoms with E-state index in [4.69, 9.17) is 4.74 Å². The van der Waals surface area contributed by atoms with Gasteiger partial charge in [0.05, 0.1) is 6.61 Å². The quantitative estimate of drug-likeness (QED) is 0.806. The van der Waals surface area contributed by atoms with Gasteiger partial charge in [0.1, 0.15) is 0 Å². The van der Waals surface area contributed by atoms with Crippen molar-refractivity contribution in [3.05, 3.63) is 0 Å². The number of nitrogens with one attached hydrogen (secondary N) is 1. The van der Waals surface area contributed by atoms with E-state index in [0.29, 0.717) is 5.41 Å². The Kier molecular flexibility index (Phi) is 3.42. The second-order valence-electron chi connectivity index (χ2n) is 6.30. The van der Waals surface area contributed by atoms with Gasteiger partial charge >= 0.3 is 0 Å². The van der Waals surface area contributed by atoms with Gasteiger partial charge in [-0.05, 0) is 44.7 Å². The maximum absolute atomic E-state index is 5.53. The van der Waals surface area contributed by atoms with Gasteiger partial charge in [-0.1, -0.05) is 6.42 Å². The Morgan fingerprint density at radius 1 is 1.29 bits per heavy atom. The standard InChI is InChI=1S/C14H26N2O/c1-17-11-14-6-2-3-12(14)9-16(10-14)13-4-7-15-8-5-13/h12-13,15H,2-11H2,1H3/t12-,14-/m1/s1. The third kappa shape index (κ3) is 2.13. The molecule has 0 spiro atoms. The number of piperidine rings is 1. The van der Waals surface area contributed by atoms with Gasteiger partial charge in [0.25, 0.3) is 0 Å². The van der Waals surface area contributed by atoms with Crippen LogP contribution < -0.4 is 5.32 Å². The molecule has 0 bridgehead atoms. The molecule has 3 rings (SSSR count). The molecule has 2 heterocycles. The fraction of sp³-hybridized carbons (Fsp3) is 1.00. The Labute approximate surface area is 105 Å². The highest BCUT2D eigenvalue weighted by molar-refractivity contribution is 5.02. The summed E-state index contributed by atoms with van der Waals surface area (Å²) in [5.41, 5.74) is 0.514. The lowest BCUT2D eigenvalue weighted by atomic mass is 9.82. The number of hydrogen-bond acceptors (Lipinski definition) is 3. The van der Waals surface area contributed by atoms with Crippen LogP contribution in [0.4, 0.5) is 0 Å². The maximum atomic E-state index is 5.53. The van der Waals surface area contributed by atoms with Crippen LogP contribution in [0.3, 0.4) is 0 Å². The summed E-state index contributed by atoms with van der Waals surface area (Å²) in [6, 6.07) is 0.843. The number of fused-ring (bicyclic) bond motifs is 1. The Morgan fingerprint density at radius 2 is 2.12 bits per heavy atom. The molecule has 3 heteroatoms. The molecular weight excluding hydrogens is 212 g/mol. The summed E-state index contributed by atoms with van der Waals surface area (Å²) >= 11 is 0. The summed E-state index contributed by atoms with van der Waals surface area (Å²) in [7, 11) is 1.87. The summed E-state index contributed by atoms with van der Waals surface area (Å²) < 4.78 is 5.53. The number of ether oxygens (including phenoxy) is 1. The van der Waals surface area contributed by atoms with Gasteiger partial charge in [-0.3, -0.25) is 4.90 Å². The maximum Gasteiger partial charge on any atom is 0.0534 e. The van der Waals surface area contributed by atoms with Crippen molar-refractivity contribution in [3.63, 3.8) is 0 Å². The minimum Gasteiger partial charge on any atom is -0.384 e. The van der Waals surface area contributed by atoms with Crippen LogP contribution in [0.15, 0.2) is 0 Å². The molecule has 17 heavy (non-hydrogen) atoms. The van der Waals surface area contributed by atoms with E-state index >= 15 is 0 Å². The fourth-order valence-electron chi connectivity index (χ4n) is 4.43. The van der Waals surface area contributed by atoms with E-state index in [1.165, 1.54) is 58.3 Å². The normalized spacial score (nSPS) is 39.7. The Hall–Kier alpha value is -0.120. The second-order valence-corrected chi connectivity index (χ2v) is 6.30. The molecule has 1 N–H and O–H groups in total. The number of nitrogens with zero attached hydrogens (tertiary/aromatic N) is 1. The molecule has 1 saturated carbocycles. The van der Waals surface area contributed by atoms with Crippen LogP contribution in [0.5, 0.6) is 0 Å². The van der Waals surface area contributed by atoms with Crippen molar-refractivity contribution in [2.45, 2.75) is 38.1 Å². The number of hydrogen-bond donors (Lipinski definition) is 1. The molecule has 2 atom stereocenters. The van der Waals surface area contributed by atoms with Crippen LogP contribution in [-0.4, -0.2) is 50.8 Å². The van der Waals surface area contributed by atoms with Crippen molar-refractivity contribution in [2.24, 2.45) is 11.3 Å². The third-order valence-corrected chi connectivity index (χ3v) is 5.32. The molecule has 0 amide bonds. The van der Waals surface area contributed by atoms with E-state index in [1.54, 1.807) is 0 Å². The lowest BCUT2D eigenvalue weighted by Crippen LogP contribution is -2.43. The molecule has 0 unspecified atom stereocenters. The highest BCUT2D eigenvalue weighted by Gasteiger charge is 2.50. The molecular formula is C14H26N2O. The zero-order chi connectivity index (χ0) is 11.7. The highest BCUT2D eigenvalue weighted by atomic mass is 16.5. The first-order chi connectivity index (χ1) is 8.34. The van der Waals surface area contributed by atoms with Crippen molar-refractivity contribution >= 4 is 0 Å². The van der Waals surface area contributed by atoms with E-state index in [-0.39, 0.29) is 0 Å². The highest BCUT2D eigenvalue weighted by Crippen LogP contribution is 2.49. The topological polar surface area (TPSA) is 24.5 Å². The lowest BCUT2D eigenvalue weighted by molar-refractivity contribution is 0.0652. The molecule has 0 radical (unpaired) electrons.